The summed E-state index contributed by atoms with van der Waals surface area (Å²) in [5, 5.41) is 7.08. The molecule has 0 aromatic heterocycles. The number of hydrogen-bond acceptors (Lipinski definition) is 2. The van der Waals surface area contributed by atoms with Gasteiger partial charge in [-0.3, -0.25) is 0 Å². The highest BCUT2D eigenvalue weighted by atomic mass is 15.1. The summed E-state index contributed by atoms with van der Waals surface area (Å²) in [6.45, 7) is 0. The molecule has 0 unspecified atom stereocenters. The largest absolute Gasteiger partial charge is 0.315 e. The fourth-order valence-electron chi connectivity index (χ4n) is 2.06. The third-order valence-corrected chi connectivity index (χ3v) is 2.91. The Bertz CT molecular complexity index is 132. The van der Waals surface area contributed by atoms with Crippen molar-refractivity contribution in [2.24, 2.45) is 0 Å². The maximum absolute atomic E-state index is 3.69. The Morgan fingerprint density at radius 1 is 1.00 bits per heavy atom. The minimum Gasteiger partial charge on any atom is -0.315 e. The average molecular weight is 154 g/mol. The number of hydrogen-bond donors (Lipinski definition) is 2. The van der Waals surface area contributed by atoms with Crippen molar-refractivity contribution in [3.05, 3.63) is 0 Å². The molecule has 2 aliphatic carbocycles. The van der Waals surface area contributed by atoms with Crippen LogP contribution in [0.25, 0.3) is 0 Å². The van der Waals surface area contributed by atoms with E-state index in [1.165, 1.54) is 32.1 Å². The van der Waals surface area contributed by atoms with Crippen molar-refractivity contribution >= 4 is 0 Å². The van der Waals surface area contributed by atoms with Crippen LogP contribution in [0.5, 0.6) is 0 Å². The van der Waals surface area contributed by atoms with E-state index in [1.807, 2.05) is 0 Å². The van der Waals surface area contributed by atoms with E-state index in [9.17, 15) is 0 Å². The summed E-state index contributed by atoms with van der Waals surface area (Å²) in [5.41, 5.74) is 0. The standard InChI is InChI=1S/C9H18N2/c1-10-8-3-2-4-9(8)11-7-5-6-7/h7-11H,2-6H2,1H3/t8-,9+/m0/s1. The van der Waals surface area contributed by atoms with Gasteiger partial charge < -0.3 is 10.6 Å². The number of likely N-dealkylation sites (N-methyl/N-ethyl adjacent to an activating group) is 1. The van der Waals surface area contributed by atoms with Crippen LogP contribution in [-0.2, 0) is 0 Å². The smallest absolute Gasteiger partial charge is 0.0223 e. The first-order chi connectivity index (χ1) is 5.40. The molecule has 0 aromatic rings. The van der Waals surface area contributed by atoms with Crippen LogP contribution >= 0.6 is 0 Å². The van der Waals surface area contributed by atoms with Crippen molar-refractivity contribution in [3.8, 4) is 0 Å². The van der Waals surface area contributed by atoms with Gasteiger partial charge in [0, 0.05) is 18.1 Å². The lowest BCUT2D eigenvalue weighted by Crippen LogP contribution is -2.43. The Balaban J connectivity index is 1.79. The Kier molecular flexibility index (Phi) is 2.14. The predicted molar refractivity (Wildman–Crippen MR) is 46.6 cm³/mol. The minimum absolute atomic E-state index is 0.746. The van der Waals surface area contributed by atoms with Gasteiger partial charge in [0.15, 0.2) is 0 Å². The average Bonchev–Trinajstić information content (AvgIpc) is 2.68. The normalized spacial score (nSPS) is 37.9. The Morgan fingerprint density at radius 2 is 1.73 bits per heavy atom. The summed E-state index contributed by atoms with van der Waals surface area (Å²) in [5.74, 6) is 0. The van der Waals surface area contributed by atoms with Crippen LogP contribution in [0, 0.1) is 0 Å². The van der Waals surface area contributed by atoms with Crippen LogP contribution in [0.1, 0.15) is 32.1 Å². The Morgan fingerprint density at radius 3 is 2.36 bits per heavy atom. The lowest BCUT2D eigenvalue weighted by Gasteiger charge is -2.19. The molecule has 2 atom stereocenters. The van der Waals surface area contributed by atoms with E-state index in [4.69, 9.17) is 0 Å². The maximum atomic E-state index is 3.69. The molecule has 0 heterocycles. The first-order valence-corrected chi connectivity index (χ1v) is 4.83. The SMILES string of the molecule is CN[C@H]1CCC[C@H]1NC1CC1. The van der Waals surface area contributed by atoms with E-state index in [1.54, 1.807) is 0 Å². The summed E-state index contributed by atoms with van der Waals surface area (Å²) in [4.78, 5) is 0. The first-order valence-electron chi connectivity index (χ1n) is 4.83. The quantitative estimate of drug-likeness (QED) is 0.630. The van der Waals surface area contributed by atoms with Crippen LogP contribution in [0.15, 0.2) is 0 Å². The lowest BCUT2D eigenvalue weighted by atomic mass is 10.2. The first kappa shape index (κ1) is 7.56. The van der Waals surface area contributed by atoms with Crippen molar-refractivity contribution in [1.82, 2.24) is 10.6 Å². The molecular weight excluding hydrogens is 136 g/mol. The third-order valence-electron chi connectivity index (χ3n) is 2.91. The van der Waals surface area contributed by atoms with Gasteiger partial charge >= 0.3 is 0 Å². The molecule has 2 aliphatic rings. The molecule has 2 nitrogen and oxygen atoms in total. The zero-order valence-electron chi connectivity index (χ0n) is 7.27. The van der Waals surface area contributed by atoms with Gasteiger partial charge in [-0.2, -0.15) is 0 Å². The molecule has 2 rings (SSSR count). The van der Waals surface area contributed by atoms with Crippen molar-refractivity contribution in [1.29, 1.82) is 0 Å². The monoisotopic (exact) mass is 154 g/mol. The second-order valence-electron chi connectivity index (χ2n) is 3.87. The van der Waals surface area contributed by atoms with Crippen molar-refractivity contribution in [2.75, 3.05) is 7.05 Å². The van der Waals surface area contributed by atoms with Gasteiger partial charge in [-0.05, 0) is 32.7 Å². The van der Waals surface area contributed by atoms with E-state index in [0.717, 1.165) is 18.1 Å². The molecular formula is C9H18N2. The van der Waals surface area contributed by atoms with Crippen LogP contribution in [-0.4, -0.2) is 25.2 Å². The van der Waals surface area contributed by atoms with Gasteiger partial charge in [-0.25, -0.2) is 0 Å². The topological polar surface area (TPSA) is 24.1 Å². The van der Waals surface area contributed by atoms with Gasteiger partial charge in [0.1, 0.15) is 0 Å². The summed E-state index contributed by atoms with van der Waals surface area (Å²) in [7, 11) is 2.08. The zero-order chi connectivity index (χ0) is 7.68. The predicted octanol–water partition coefficient (Wildman–Crippen LogP) is 0.879. The summed E-state index contributed by atoms with van der Waals surface area (Å²) in [6.07, 6.45) is 6.96. The summed E-state index contributed by atoms with van der Waals surface area (Å²) >= 11 is 0. The van der Waals surface area contributed by atoms with E-state index >= 15 is 0 Å². The fraction of sp³-hybridized carbons (Fsp3) is 1.00. The lowest BCUT2D eigenvalue weighted by molar-refractivity contribution is 0.429. The van der Waals surface area contributed by atoms with E-state index in [2.05, 4.69) is 17.7 Å². The second-order valence-corrected chi connectivity index (χ2v) is 3.87. The molecule has 0 amide bonds. The molecule has 11 heavy (non-hydrogen) atoms. The molecule has 2 fully saturated rings. The summed E-state index contributed by atoms with van der Waals surface area (Å²) < 4.78 is 0. The fourth-order valence-corrected chi connectivity index (χ4v) is 2.06. The third kappa shape index (κ3) is 1.74. The molecule has 2 heteroatoms. The molecule has 64 valence electrons. The molecule has 2 N–H and O–H groups in total. The van der Waals surface area contributed by atoms with Gasteiger partial charge in [0.2, 0.25) is 0 Å². The number of nitrogens with one attached hydrogen (secondary N) is 2. The molecule has 0 saturated heterocycles. The van der Waals surface area contributed by atoms with E-state index in [-0.39, 0.29) is 0 Å². The number of rotatable bonds is 3. The Labute approximate surface area is 68.7 Å². The maximum Gasteiger partial charge on any atom is 0.0223 e. The van der Waals surface area contributed by atoms with Crippen LogP contribution in [0.2, 0.25) is 0 Å². The van der Waals surface area contributed by atoms with Crippen LogP contribution < -0.4 is 10.6 Å². The molecule has 0 radical (unpaired) electrons. The van der Waals surface area contributed by atoms with Gasteiger partial charge in [-0.15, -0.1) is 0 Å². The Hall–Kier alpha value is -0.0800. The zero-order valence-corrected chi connectivity index (χ0v) is 7.27. The molecule has 2 saturated carbocycles. The van der Waals surface area contributed by atoms with E-state index < -0.39 is 0 Å². The van der Waals surface area contributed by atoms with Crippen LogP contribution in [0.4, 0.5) is 0 Å². The van der Waals surface area contributed by atoms with Gasteiger partial charge in [-0.1, -0.05) is 6.42 Å². The van der Waals surface area contributed by atoms with Gasteiger partial charge in [0.25, 0.3) is 0 Å². The van der Waals surface area contributed by atoms with Gasteiger partial charge in [0.05, 0.1) is 0 Å². The summed E-state index contributed by atoms with van der Waals surface area (Å²) in [6, 6.07) is 2.39. The van der Waals surface area contributed by atoms with E-state index in [0.29, 0.717) is 0 Å². The molecule has 0 spiro atoms. The molecule has 0 aromatic carbocycles. The van der Waals surface area contributed by atoms with Crippen molar-refractivity contribution < 1.29 is 0 Å². The molecule has 0 bridgehead atoms. The second kappa shape index (κ2) is 3.11. The minimum atomic E-state index is 0.746. The highest BCUT2D eigenvalue weighted by Crippen LogP contribution is 2.25. The highest BCUT2D eigenvalue weighted by molar-refractivity contribution is 4.93. The van der Waals surface area contributed by atoms with Crippen molar-refractivity contribution in [2.45, 2.75) is 50.2 Å². The van der Waals surface area contributed by atoms with Crippen LogP contribution in [0.3, 0.4) is 0 Å². The molecule has 0 aliphatic heterocycles. The highest BCUT2D eigenvalue weighted by Gasteiger charge is 2.31. The van der Waals surface area contributed by atoms with Crippen molar-refractivity contribution in [3.63, 3.8) is 0 Å².